The molecule has 8 heteroatoms. The zero-order valence-corrected chi connectivity index (χ0v) is 15.7. The van der Waals surface area contributed by atoms with Crippen molar-refractivity contribution in [3.63, 3.8) is 0 Å². The molecule has 0 unspecified atom stereocenters. The Morgan fingerprint density at radius 3 is 2.39 bits per heavy atom. The van der Waals surface area contributed by atoms with Crippen molar-refractivity contribution in [1.82, 2.24) is 19.6 Å². The van der Waals surface area contributed by atoms with Gasteiger partial charge in [-0.3, -0.25) is 10.00 Å². The summed E-state index contributed by atoms with van der Waals surface area (Å²) in [5, 5.41) is 11.7. The molecule has 0 radical (unpaired) electrons. The summed E-state index contributed by atoms with van der Waals surface area (Å²) in [7, 11) is 1.81. The summed E-state index contributed by atoms with van der Waals surface area (Å²) >= 11 is 6.58. The lowest BCUT2D eigenvalue weighted by Crippen LogP contribution is -2.19. The SMILES string of the molecule is Cn1cc(-c2nn(-c3ccccc3)c(NC(=O)Oc3ccccc3)c2Cl)cn1. The lowest BCUT2D eigenvalue weighted by atomic mass is 10.2. The van der Waals surface area contributed by atoms with Crippen LogP contribution in [0.5, 0.6) is 5.75 Å². The predicted molar refractivity (Wildman–Crippen MR) is 107 cm³/mol. The molecule has 140 valence electrons. The molecule has 2 heterocycles. The largest absolute Gasteiger partial charge is 0.418 e. The summed E-state index contributed by atoms with van der Waals surface area (Å²) in [6, 6.07) is 18.2. The van der Waals surface area contributed by atoms with E-state index in [1.54, 1.807) is 46.0 Å². The van der Waals surface area contributed by atoms with Gasteiger partial charge in [0.15, 0.2) is 5.82 Å². The maximum atomic E-state index is 12.4. The van der Waals surface area contributed by atoms with Gasteiger partial charge in [-0.15, -0.1) is 0 Å². The molecular weight excluding hydrogens is 378 g/mol. The number of hydrogen-bond donors (Lipinski definition) is 1. The minimum Gasteiger partial charge on any atom is -0.410 e. The van der Waals surface area contributed by atoms with Crippen molar-refractivity contribution in [2.45, 2.75) is 0 Å². The van der Waals surface area contributed by atoms with Crippen molar-refractivity contribution in [2.75, 3.05) is 5.32 Å². The van der Waals surface area contributed by atoms with Crippen LogP contribution in [0.3, 0.4) is 0 Å². The van der Waals surface area contributed by atoms with E-state index >= 15 is 0 Å². The van der Waals surface area contributed by atoms with Gasteiger partial charge in [-0.1, -0.05) is 48.0 Å². The van der Waals surface area contributed by atoms with Crippen LogP contribution < -0.4 is 10.1 Å². The van der Waals surface area contributed by atoms with Crippen molar-refractivity contribution in [1.29, 1.82) is 0 Å². The molecule has 0 atom stereocenters. The normalized spacial score (nSPS) is 10.6. The molecule has 0 aliphatic heterocycles. The van der Waals surface area contributed by atoms with E-state index < -0.39 is 6.09 Å². The highest BCUT2D eigenvalue weighted by Gasteiger charge is 2.22. The van der Waals surface area contributed by atoms with Crippen LogP contribution in [0.2, 0.25) is 5.02 Å². The quantitative estimate of drug-likeness (QED) is 0.552. The lowest BCUT2D eigenvalue weighted by molar-refractivity contribution is 0.215. The fraction of sp³-hybridized carbons (Fsp3) is 0.0500. The van der Waals surface area contributed by atoms with E-state index in [9.17, 15) is 4.79 Å². The molecule has 0 spiro atoms. The fourth-order valence-electron chi connectivity index (χ4n) is 2.71. The highest BCUT2D eigenvalue weighted by atomic mass is 35.5. The monoisotopic (exact) mass is 393 g/mol. The van der Waals surface area contributed by atoms with Crippen molar-refractivity contribution < 1.29 is 9.53 Å². The Kier molecular flexibility index (Phi) is 4.82. The van der Waals surface area contributed by atoms with E-state index in [4.69, 9.17) is 16.3 Å². The van der Waals surface area contributed by atoms with Gasteiger partial charge in [-0.05, 0) is 24.3 Å². The van der Waals surface area contributed by atoms with Crippen LogP contribution >= 0.6 is 11.6 Å². The molecule has 2 aromatic carbocycles. The molecule has 1 N–H and O–H groups in total. The number of rotatable bonds is 4. The van der Waals surface area contributed by atoms with Gasteiger partial charge in [-0.25, -0.2) is 9.48 Å². The Morgan fingerprint density at radius 2 is 1.75 bits per heavy atom. The summed E-state index contributed by atoms with van der Waals surface area (Å²) in [6.45, 7) is 0. The number of para-hydroxylation sites is 2. The third-order valence-corrected chi connectivity index (χ3v) is 4.34. The predicted octanol–water partition coefficient (Wildman–Crippen LogP) is 4.54. The number of carbonyl (C=O) groups is 1. The number of halogens is 1. The van der Waals surface area contributed by atoms with Crippen LogP contribution in [-0.4, -0.2) is 25.7 Å². The Bertz CT molecular complexity index is 1110. The van der Waals surface area contributed by atoms with Crippen LogP contribution in [0, 0.1) is 0 Å². The second-order valence-corrected chi connectivity index (χ2v) is 6.37. The van der Waals surface area contributed by atoms with Gasteiger partial charge < -0.3 is 4.74 Å². The number of aryl methyl sites for hydroxylation is 1. The van der Waals surface area contributed by atoms with Gasteiger partial charge in [0.1, 0.15) is 16.5 Å². The smallest absolute Gasteiger partial charge is 0.410 e. The van der Waals surface area contributed by atoms with Crippen molar-refractivity contribution in [2.24, 2.45) is 7.05 Å². The summed E-state index contributed by atoms with van der Waals surface area (Å²) in [5.41, 5.74) is 1.99. The molecule has 7 nitrogen and oxygen atoms in total. The van der Waals surface area contributed by atoms with Gasteiger partial charge in [-0.2, -0.15) is 10.2 Å². The number of hydrogen-bond acceptors (Lipinski definition) is 4. The van der Waals surface area contributed by atoms with E-state index in [-0.39, 0.29) is 0 Å². The number of carbonyl (C=O) groups excluding carboxylic acids is 1. The highest BCUT2D eigenvalue weighted by Crippen LogP contribution is 2.35. The second-order valence-electron chi connectivity index (χ2n) is 5.99. The van der Waals surface area contributed by atoms with E-state index in [0.29, 0.717) is 22.3 Å². The van der Waals surface area contributed by atoms with Gasteiger partial charge in [0, 0.05) is 18.8 Å². The van der Waals surface area contributed by atoms with Gasteiger partial charge in [0.2, 0.25) is 0 Å². The standard InChI is InChI=1S/C20H16ClN5O2/c1-25-13-14(12-22-25)18-17(21)19(26(24-18)15-8-4-2-5-9-15)23-20(27)28-16-10-6-3-7-11-16/h2-13H,1H3,(H,23,27). The number of nitrogens with one attached hydrogen (secondary N) is 1. The summed E-state index contributed by atoms with van der Waals surface area (Å²) < 4.78 is 8.54. The number of anilines is 1. The van der Waals surface area contributed by atoms with Gasteiger partial charge in [0.25, 0.3) is 0 Å². The first-order valence-electron chi connectivity index (χ1n) is 8.48. The molecule has 4 rings (SSSR count). The topological polar surface area (TPSA) is 74.0 Å². The van der Waals surface area contributed by atoms with E-state index in [1.807, 2.05) is 43.4 Å². The zero-order valence-electron chi connectivity index (χ0n) is 14.9. The molecule has 0 saturated heterocycles. The molecular formula is C20H16ClN5O2. The molecule has 0 fully saturated rings. The molecule has 1 amide bonds. The molecule has 4 aromatic rings. The van der Waals surface area contributed by atoms with Crippen LogP contribution in [0.1, 0.15) is 0 Å². The van der Waals surface area contributed by atoms with Gasteiger partial charge in [0.05, 0.1) is 11.9 Å². The first-order valence-corrected chi connectivity index (χ1v) is 8.86. The highest BCUT2D eigenvalue weighted by molar-refractivity contribution is 6.36. The van der Waals surface area contributed by atoms with Crippen LogP contribution in [0.15, 0.2) is 73.1 Å². The molecule has 0 saturated carbocycles. The number of nitrogens with zero attached hydrogens (tertiary/aromatic N) is 4. The van der Waals surface area contributed by atoms with Crippen molar-refractivity contribution in [3.05, 3.63) is 78.1 Å². The average molecular weight is 394 g/mol. The number of ether oxygens (including phenoxy) is 1. The Balaban J connectivity index is 1.72. The van der Waals surface area contributed by atoms with Crippen LogP contribution in [-0.2, 0) is 7.05 Å². The van der Waals surface area contributed by atoms with E-state index in [1.165, 1.54) is 0 Å². The third kappa shape index (κ3) is 3.60. The first-order chi connectivity index (χ1) is 13.6. The van der Waals surface area contributed by atoms with E-state index in [0.717, 1.165) is 11.3 Å². The Hall–Kier alpha value is -3.58. The molecule has 2 aromatic heterocycles. The first kappa shape index (κ1) is 17.8. The minimum atomic E-state index is -0.664. The number of aromatic nitrogens is 4. The maximum absolute atomic E-state index is 12.4. The second kappa shape index (κ2) is 7.58. The summed E-state index contributed by atoms with van der Waals surface area (Å²) in [4.78, 5) is 12.4. The number of amides is 1. The number of benzene rings is 2. The Labute approximate surface area is 166 Å². The van der Waals surface area contributed by atoms with Crippen molar-refractivity contribution >= 4 is 23.5 Å². The van der Waals surface area contributed by atoms with Gasteiger partial charge >= 0.3 is 6.09 Å². The molecule has 0 aliphatic carbocycles. The zero-order chi connectivity index (χ0) is 19.5. The summed E-state index contributed by atoms with van der Waals surface area (Å²) in [6.07, 6.45) is 2.80. The molecule has 28 heavy (non-hydrogen) atoms. The third-order valence-electron chi connectivity index (χ3n) is 3.98. The van der Waals surface area contributed by atoms with Crippen LogP contribution in [0.25, 0.3) is 16.9 Å². The molecule has 0 aliphatic rings. The van der Waals surface area contributed by atoms with Crippen LogP contribution in [0.4, 0.5) is 10.6 Å². The molecule has 0 bridgehead atoms. The maximum Gasteiger partial charge on any atom is 0.418 e. The average Bonchev–Trinajstić information content (AvgIpc) is 3.27. The fourth-order valence-corrected chi connectivity index (χ4v) is 2.98. The van der Waals surface area contributed by atoms with Crippen molar-refractivity contribution in [3.8, 4) is 22.7 Å². The minimum absolute atomic E-state index is 0.293. The Morgan fingerprint density at radius 1 is 1.07 bits per heavy atom. The van der Waals surface area contributed by atoms with E-state index in [2.05, 4.69) is 15.5 Å². The lowest BCUT2D eigenvalue weighted by Gasteiger charge is -2.09. The summed E-state index contributed by atoms with van der Waals surface area (Å²) in [5.74, 6) is 0.738.